The number of aliphatic hydroxyl groups excluding tert-OH is 1. The van der Waals surface area contributed by atoms with E-state index in [1.165, 1.54) is 0 Å². The summed E-state index contributed by atoms with van der Waals surface area (Å²) in [5.74, 6) is 5.99. The number of nitrogen functional groups attached to an aromatic ring is 1. The maximum absolute atomic E-state index is 9.09. The van der Waals surface area contributed by atoms with Crippen molar-refractivity contribution < 1.29 is 5.11 Å². The van der Waals surface area contributed by atoms with Gasteiger partial charge in [-0.3, -0.25) is 0 Å². The predicted molar refractivity (Wildman–Crippen MR) is 59.3 cm³/mol. The van der Waals surface area contributed by atoms with Crippen LogP contribution in [-0.2, 0) is 0 Å². The van der Waals surface area contributed by atoms with Gasteiger partial charge in [0.25, 0.3) is 0 Å². The Bertz CT molecular complexity index is 444. The first-order valence-electron chi connectivity index (χ1n) is 4.71. The molecule has 3 N–H and O–H groups in total. The summed E-state index contributed by atoms with van der Waals surface area (Å²) in [6, 6.07) is 1.72. The van der Waals surface area contributed by atoms with Crippen molar-refractivity contribution >= 4 is 17.3 Å². The summed E-state index contributed by atoms with van der Waals surface area (Å²) in [7, 11) is 0. The van der Waals surface area contributed by atoms with Crippen molar-refractivity contribution in [1.82, 2.24) is 4.98 Å². The second kappa shape index (κ2) is 3.73. The third kappa shape index (κ3) is 2.06. The minimum atomic E-state index is -0.192. The summed E-state index contributed by atoms with van der Waals surface area (Å²) >= 11 is 5.76. The van der Waals surface area contributed by atoms with Crippen molar-refractivity contribution in [3.63, 3.8) is 0 Å². The molecule has 1 fully saturated rings. The summed E-state index contributed by atoms with van der Waals surface area (Å²) in [4.78, 5) is 3.84. The zero-order chi connectivity index (χ0) is 10.9. The van der Waals surface area contributed by atoms with E-state index in [0.717, 1.165) is 12.8 Å². The molecule has 0 aromatic carbocycles. The third-order valence-corrected chi connectivity index (χ3v) is 2.86. The molecule has 0 spiro atoms. The zero-order valence-electron chi connectivity index (χ0n) is 8.13. The lowest BCUT2D eigenvalue weighted by molar-refractivity contribution is 0.247. The largest absolute Gasteiger partial charge is 0.395 e. The first kappa shape index (κ1) is 10.3. The van der Waals surface area contributed by atoms with Crippen LogP contribution in [0.1, 0.15) is 18.4 Å². The minimum Gasteiger partial charge on any atom is -0.395 e. The SMILES string of the molecule is Nc1c(C#CC2(CO)CC2)ccnc1Cl. The van der Waals surface area contributed by atoms with Gasteiger partial charge in [-0.15, -0.1) is 0 Å². The van der Waals surface area contributed by atoms with Gasteiger partial charge in [-0.05, 0) is 18.9 Å². The van der Waals surface area contributed by atoms with Gasteiger partial charge in [0.1, 0.15) is 0 Å². The second-order valence-corrected chi connectivity index (χ2v) is 4.11. The highest BCUT2D eigenvalue weighted by Gasteiger charge is 2.40. The lowest BCUT2D eigenvalue weighted by Crippen LogP contribution is -2.02. The Morgan fingerprint density at radius 1 is 1.60 bits per heavy atom. The molecule has 0 bridgehead atoms. The van der Waals surface area contributed by atoms with Crippen LogP contribution >= 0.6 is 11.6 Å². The van der Waals surface area contributed by atoms with Gasteiger partial charge in [-0.2, -0.15) is 0 Å². The van der Waals surface area contributed by atoms with Crippen LogP contribution in [0.2, 0.25) is 5.15 Å². The Hall–Kier alpha value is -1.24. The van der Waals surface area contributed by atoms with Crippen LogP contribution in [0.3, 0.4) is 0 Å². The van der Waals surface area contributed by atoms with Crippen molar-refractivity contribution in [3.05, 3.63) is 23.0 Å². The fourth-order valence-electron chi connectivity index (χ4n) is 1.23. The topological polar surface area (TPSA) is 59.1 Å². The summed E-state index contributed by atoms with van der Waals surface area (Å²) in [6.07, 6.45) is 3.48. The van der Waals surface area contributed by atoms with E-state index in [0.29, 0.717) is 11.3 Å². The molecular formula is C11H11ClN2O. The molecule has 78 valence electrons. The minimum absolute atomic E-state index is 0.110. The van der Waals surface area contributed by atoms with Gasteiger partial charge >= 0.3 is 0 Å². The second-order valence-electron chi connectivity index (χ2n) is 3.75. The summed E-state index contributed by atoms with van der Waals surface area (Å²) in [5.41, 5.74) is 6.60. The molecule has 0 atom stereocenters. The lowest BCUT2D eigenvalue weighted by Gasteiger charge is -2.01. The number of nitrogens with zero attached hydrogens (tertiary/aromatic N) is 1. The molecule has 1 saturated carbocycles. The summed E-state index contributed by atoms with van der Waals surface area (Å²) < 4.78 is 0. The van der Waals surface area contributed by atoms with E-state index in [2.05, 4.69) is 16.8 Å². The normalized spacial score (nSPS) is 16.7. The van der Waals surface area contributed by atoms with E-state index < -0.39 is 0 Å². The Kier molecular flexibility index (Phi) is 2.56. The number of anilines is 1. The number of halogens is 1. The van der Waals surface area contributed by atoms with Gasteiger partial charge in [0.05, 0.1) is 23.3 Å². The quantitative estimate of drug-likeness (QED) is 0.559. The molecular weight excluding hydrogens is 212 g/mol. The van der Waals surface area contributed by atoms with Crippen LogP contribution in [0.5, 0.6) is 0 Å². The lowest BCUT2D eigenvalue weighted by atomic mass is 10.1. The van der Waals surface area contributed by atoms with Gasteiger partial charge in [-0.1, -0.05) is 23.4 Å². The highest BCUT2D eigenvalue weighted by molar-refractivity contribution is 6.32. The van der Waals surface area contributed by atoms with E-state index in [9.17, 15) is 0 Å². The van der Waals surface area contributed by atoms with Crippen molar-refractivity contribution in [2.45, 2.75) is 12.8 Å². The molecule has 1 aromatic heterocycles. The average Bonchev–Trinajstić information content (AvgIpc) is 3.01. The number of aromatic nitrogens is 1. The van der Waals surface area contributed by atoms with E-state index in [1.54, 1.807) is 12.3 Å². The van der Waals surface area contributed by atoms with Crippen molar-refractivity contribution in [1.29, 1.82) is 0 Å². The first-order chi connectivity index (χ1) is 7.17. The molecule has 0 aliphatic heterocycles. The number of rotatable bonds is 1. The van der Waals surface area contributed by atoms with Crippen LogP contribution < -0.4 is 5.73 Å². The Labute approximate surface area is 93.3 Å². The van der Waals surface area contributed by atoms with Crippen molar-refractivity contribution in [2.75, 3.05) is 12.3 Å². The Morgan fingerprint density at radius 3 is 2.93 bits per heavy atom. The average molecular weight is 223 g/mol. The monoisotopic (exact) mass is 222 g/mol. The van der Waals surface area contributed by atoms with Gasteiger partial charge < -0.3 is 10.8 Å². The van der Waals surface area contributed by atoms with E-state index in [4.69, 9.17) is 22.4 Å². The molecule has 1 aliphatic rings. The summed E-state index contributed by atoms with van der Waals surface area (Å²) in [6.45, 7) is 0.110. The standard InChI is InChI=1S/C11H11ClN2O/c12-10-9(13)8(2-6-14-10)1-3-11(7-15)4-5-11/h2,6,15H,4-5,7,13H2. The van der Waals surface area contributed by atoms with Crippen molar-refractivity contribution in [2.24, 2.45) is 5.41 Å². The molecule has 0 saturated heterocycles. The molecule has 1 aromatic rings. The molecule has 2 rings (SSSR count). The molecule has 0 amide bonds. The zero-order valence-corrected chi connectivity index (χ0v) is 8.88. The maximum Gasteiger partial charge on any atom is 0.153 e. The van der Waals surface area contributed by atoms with E-state index in [1.807, 2.05) is 0 Å². The third-order valence-electron chi connectivity index (χ3n) is 2.56. The molecule has 1 heterocycles. The van der Waals surface area contributed by atoms with Crippen LogP contribution in [0.4, 0.5) is 5.69 Å². The number of hydrogen-bond acceptors (Lipinski definition) is 3. The molecule has 0 radical (unpaired) electrons. The molecule has 3 nitrogen and oxygen atoms in total. The smallest absolute Gasteiger partial charge is 0.153 e. The van der Waals surface area contributed by atoms with Crippen LogP contribution in [0.15, 0.2) is 12.3 Å². The Balaban J connectivity index is 2.28. The number of pyridine rings is 1. The highest BCUT2D eigenvalue weighted by Crippen LogP contribution is 2.44. The van der Waals surface area contributed by atoms with Gasteiger partial charge in [0.15, 0.2) is 5.15 Å². The van der Waals surface area contributed by atoms with Crippen molar-refractivity contribution in [3.8, 4) is 11.8 Å². The predicted octanol–water partition coefficient (Wildman–Crippen LogP) is 1.44. The van der Waals surface area contributed by atoms with Gasteiger partial charge in [-0.25, -0.2) is 4.98 Å². The highest BCUT2D eigenvalue weighted by atomic mass is 35.5. The molecule has 4 heteroatoms. The van der Waals surface area contributed by atoms with Crippen LogP contribution in [-0.4, -0.2) is 16.7 Å². The number of nitrogens with two attached hydrogens (primary N) is 1. The number of aliphatic hydroxyl groups is 1. The van der Waals surface area contributed by atoms with Gasteiger partial charge in [0.2, 0.25) is 0 Å². The van der Waals surface area contributed by atoms with Gasteiger partial charge in [0, 0.05) is 6.20 Å². The maximum atomic E-state index is 9.09. The van der Waals surface area contributed by atoms with Crippen LogP contribution in [0, 0.1) is 17.3 Å². The molecule has 15 heavy (non-hydrogen) atoms. The first-order valence-corrected chi connectivity index (χ1v) is 5.09. The number of hydrogen-bond donors (Lipinski definition) is 2. The fraction of sp³-hybridized carbons (Fsp3) is 0.364. The Morgan fingerprint density at radius 2 is 2.33 bits per heavy atom. The molecule has 1 aliphatic carbocycles. The molecule has 0 unspecified atom stereocenters. The van der Waals surface area contributed by atoms with E-state index in [-0.39, 0.29) is 17.2 Å². The van der Waals surface area contributed by atoms with Crippen LogP contribution in [0.25, 0.3) is 0 Å². The summed E-state index contributed by atoms with van der Waals surface area (Å²) in [5, 5.41) is 9.36. The van der Waals surface area contributed by atoms with E-state index >= 15 is 0 Å². The fourth-order valence-corrected chi connectivity index (χ4v) is 1.39.